The van der Waals surface area contributed by atoms with Gasteiger partial charge in [-0.05, 0) is 49.1 Å². The standard InChI is InChI=1S/C19H21NO3/c21-18-8-4-7-17(18)20-19(22)15-9-11-16(12-10-15)23-13-14-5-2-1-3-6-14/h1-3,5-6,9-12,17-18,21H,4,7-8,13H2,(H,20,22)/t17-,18-/m0/s1. The fraction of sp³-hybridized carbons (Fsp3) is 0.316. The Bertz CT molecular complexity index is 639. The van der Waals surface area contributed by atoms with Crippen LogP contribution >= 0.6 is 0 Å². The van der Waals surface area contributed by atoms with Crippen LogP contribution in [-0.4, -0.2) is 23.2 Å². The summed E-state index contributed by atoms with van der Waals surface area (Å²) < 4.78 is 5.71. The molecule has 1 amide bonds. The molecule has 0 radical (unpaired) electrons. The molecule has 0 spiro atoms. The number of aliphatic hydroxyl groups excluding tert-OH is 1. The number of carbonyl (C=O) groups excluding carboxylic acids is 1. The van der Waals surface area contributed by atoms with Crippen LogP contribution in [0.15, 0.2) is 54.6 Å². The maximum atomic E-state index is 12.2. The summed E-state index contributed by atoms with van der Waals surface area (Å²) in [5.74, 6) is 0.580. The highest BCUT2D eigenvalue weighted by atomic mass is 16.5. The highest BCUT2D eigenvalue weighted by Crippen LogP contribution is 2.20. The second-order valence-electron chi connectivity index (χ2n) is 5.88. The summed E-state index contributed by atoms with van der Waals surface area (Å²) in [6, 6.07) is 16.9. The van der Waals surface area contributed by atoms with Crippen molar-refractivity contribution in [1.29, 1.82) is 0 Å². The molecule has 2 aromatic carbocycles. The van der Waals surface area contributed by atoms with Crippen LogP contribution in [0.4, 0.5) is 0 Å². The molecule has 0 bridgehead atoms. The maximum absolute atomic E-state index is 12.2. The number of ether oxygens (including phenoxy) is 1. The van der Waals surface area contributed by atoms with E-state index in [4.69, 9.17) is 4.74 Å². The summed E-state index contributed by atoms with van der Waals surface area (Å²) in [7, 11) is 0. The van der Waals surface area contributed by atoms with E-state index in [2.05, 4.69) is 5.32 Å². The van der Waals surface area contributed by atoms with E-state index in [0.29, 0.717) is 12.2 Å². The molecular weight excluding hydrogens is 290 g/mol. The van der Waals surface area contributed by atoms with Gasteiger partial charge in [0.2, 0.25) is 0 Å². The third kappa shape index (κ3) is 4.11. The quantitative estimate of drug-likeness (QED) is 0.892. The fourth-order valence-electron chi connectivity index (χ4n) is 2.80. The molecule has 4 heteroatoms. The van der Waals surface area contributed by atoms with E-state index in [1.54, 1.807) is 24.3 Å². The Labute approximate surface area is 136 Å². The average molecular weight is 311 g/mol. The Balaban J connectivity index is 1.55. The lowest BCUT2D eigenvalue weighted by Crippen LogP contribution is -2.39. The lowest BCUT2D eigenvalue weighted by molar-refractivity contribution is 0.0873. The van der Waals surface area contributed by atoms with E-state index in [-0.39, 0.29) is 11.9 Å². The lowest BCUT2D eigenvalue weighted by atomic mass is 10.1. The van der Waals surface area contributed by atoms with Crippen molar-refractivity contribution in [2.45, 2.75) is 38.0 Å². The summed E-state index contributed by atoms with van der Waals surface area (Å²) in [4.78, 5) is 12.2. The summed E-state index contributed by atoms with van der Waals surface area (Å²) in [5.41, 5.74) is 1.68. The van der Waals surface area contributed by atoms with Crippen molar-refractivity contribution >= 4 is 5.91 Å². The number of rotatable bonds is 5. The molecule has 0 unspecified atom stereocenters. The molecule has 0 heterocycles. The summed E-state index contributed by atoms with van der Waals surface area (Å²) >= 11 is 0. The van der Waals surface area contributed by atoms with Crippen molar-refractivity contribution in [2.75, 3.05) is 0 Å². The van der Waals surface area contributed by atoms with Crippen LogP contribution in [0.5, 0.6) is 5.75 Å². The van der Waals surface area contributed by atoms with Crippen LogP contribution in [0.2, 0.25) is 0 Å². The molecule has 1 fully saturated rings. The van der Waals surface area contributed by atoms with Crippen molar-refractivity contribution in [1.82, 2.24) is 5.32 Å². The minimum absolute atomic E-state index is 0.128. The predicted molar refractivity (Wildman–Crippen MR) is 88.3 cm³/mol. The van der Waals surface area contributed by atoms with Crippen molar-refractivity contribution in [3.8, 4) is 5.75 Å². The minimum Gasteiger partial charge on any atom is -0.489 e. The molecule has 0 saturated heterocycles. The Morgan fingerprint density at radius 2 is 1.83 bits per heavy atom. The van der Waals surface area contributed by atoms with Crippen LogP contribution < -0.4 is 10.1 Å². The molecule has 120 valence electrons. The number of amides is 1. The molecule has 2 N–H and O–H groups in total. The number of carbonyl (C=O) groups is 1. The third-order valence-corrected chi connectivity index (χ3v) is 4.16. The van der Waals surface area contributed by atoms with E-state index < -0.39 is 6.10 Å². The molecule has 0 aromatic heterocycles. The van der Waals surface area contributed by atoms with Crippen LogP contribution in [0.3, 0.4) is 0 Å². The summed E-state index contributed by atoms with van der Waals surface area (Å²) in [6.45, 7) is 0.501. The van der Waals surface area contributed by atoms with E-state index in [9.17, 15) is 9.90 Å². The average Bonchev–Trinajstić information content (AvgIpc) is 2.99. The van der Waals surface area contributed by atoms with Gasteiger partial charge in [0, 0.05) is 5.56 Å². The molecule has 4 nitrogen and oxygen atoms in total. The topological polar surface area (TPSA) is 58.6 Å². The maximum Gasteiger partial charge on any atom is 0.251 e. The van der Waals surface area contributed by atoms with Crippen molar-refractivity contribution < 1.29 is 14.6 Å². The Morgan fingerprint density at radius 3 is 2.48 bits per heavy atom. The summed E-state index contributed by atoms with van der Waals surface area (Å²) in [5, 5.41) is 12.7. The number of hydrogen-bond donors (Lipinski definition) is 2. The molecule has 23 heavy (non-hydrogen) atoms. The van der Waals surface area contributed by atoms with E-state index in [0.717, 1.165) is 30.6 Å². The predicted octanol–water partition coefficient (Wildman–Crippen LogP) is 2.91. The van der Waals surface area contributed by atoms with Gasteiger partial charge in [-0.3, -0.25) is 4.79 Å². The molecular formula is C19H21NO3. The SMILES string of the molecule is O=C(N[C@H]1CCC[C@@H]1O)c1ccc(OCc2ccccc2)cc1. The van der Waals surface area contributed by atoms with Gasteiger partial charge in [0.1, 0.15) is 12.4 Å². The molecule has 1 saturated carbocycles. The fourth-order valence-corrected chi connectivity index (χ4v) is 2.80. The third-order valence-electron chi connectivity index (χ3n) is 4.16. The first-order chi connectivity index (χ1) is 11.2. The monoisotopic (exact) mass is 311 g/mol. The van der Waals surface area contributed by atoms with Gasteiger partial charge in [-0.1, -0.05) is 30.3 Å². The van der Waals surface area contributed by atoms with E-state index in [1.165, 1.54) is 0 Å². The lowest BCUT2D eigenvalue weighted by Gasteiger charge is -2.16. The second-order valence-corrected chi connectivity index (χ2v) is 5.88. The number of nitrogens with one attached hydrogen (secondary N) is 1. The number of aliphatic hydroxyl groups is 1. The molecule has 3 rings (SSSR count). The highest BCUT2D eigenvalue weighted by Gasteiger charge is 2.26. The van der Waals surface area contributed by atoms with Crippen LogP contribution in [0, 0.1) is 0 Å². The Hall–Kier alpha value is -2.33. The molecule has 2 aromatic rings. The number of hydrogen-bond acceptors (Lipinski definition) is 3. The number of benzene rings is 2. The first-order valence-electron chi connectivity index (χ1n) is 7.98. The van der Waals surface area contributed by atoms with Gasteiger partial charge in [-0.2, -0.15) is 0 Å². The van der Waals surface area contributed by atoms with Crippen molar-refractivity contribution in [2.24, 2.45) is 0 Å². The van der Waals surface area contributed by atoms with Gasteiger partial charge >= 0.3 is 0 Å². The van der Waals surface area contributed by atoms with Crippen LogP contribution in [0.1, 0.15) is 35.2 Å². The molecule has 1 aliphatic carbocycles. The summed E-state index contributed by atoms with van der Waals surface area (Å²) in [6.07, 6.45) is 2.13. The van der Waals surface area contributed by atoms with Crippen LogP contribution in [0.25, 0.3) is 0 Å². The van der Waals surface area contributed by atoms with Gasteiger partial charge in [-0.25, -0.2) is 0 Å². The van der Waals surface area contributed by atoms with Crippen LogP contribution in [-0.2, 0) is 6.61 Å². The van der Waals surface area contributed by atoms with Crippen molar-refractivity contribution in [3.05, 3.63) is 65.7 Å². The zero-order chi connectivity index (χ0) is 16.1. The van der Waals surface area contributed by atoms with Gasteiger partial charge < -0.3 is 15.2 Å². The molecule has 1 aliphatic rings. The normalized spacial score (nSPS) is 20.2. The molecule has 2 atom stereocenters. The van der Waals surface area contributed by atoms with E-state index >= 15 is 0 Å². The van der Waals surface area contributed by atoms with Crippen molar-refractivity contribution in [3.63, 3.8) is 0 Å². The van der Waals surface area contributed by atoms with Gasteiger partial charge in [0.05, 0.1) is 12.1 Å². The zero-order valence-corrected chi connectivity index (χ0v) is 12.9. The Morgan fingerprint density at radius 1 is 1.09 bits per heavy atom. The smallest absolute Gasteiger partial charge is 0.251 e. The highest BCUT2D eigenvalue weighted by molar-refractivity contribution is 5.94. The van der Waals surface area contributed by atoms with E-state index in [1.807, 2.05) is 30.3 Å². The second kappa shape index (κ2) is 7.29. The largest absolute Gasteiger partial charge is 0.489 e. The van der Waals surface area contributed by atoms with Gasteiger partial charge in [-0.15, -0.1) is 0 Å². The minimum atomic E-state index is -0.424. The Kier molecular flexibility index (Phi) is 4.93. The van der Waals surface area contributed by atoms with Gasteiger partial charge in [0.25, 0.3) is 5.91 Å². The zero-order valence-electron chi connectivity index (χ0n) is 12.9. The van der Waals surface area contributed by atoms with Gasteiger partial charge in [0.15, 0.2) is 0 Å². The molecule has 0 aliphatic heterocycles. The first-order valence-corrected chi connectivity index (χ1v) is 7.98. The first kappa shape index (κ1) is 15.6.